The minimum Gasteiger partial charge on any atom is -0.477 e. The van der Waals surface area contributed by atoms with E-state index < -0.39 is 5.97 Å². The van der Waals surface area contributed by atoms with Crippen LogP contribution in [0.25, 0.3) is 0 Å². The third kappa shape index (κ3) is 2.81. The predicted octanol–water partition coefficient (Wildman–Crippen LogP) is 2.79. The molecule has 0 radical (unpaired) electrons. The molecule has 0 aromatic carbocycles. The molecule has 1 aliphatic rings. The molecule has 4 nitrogen and oxygen atoms in total. The van der Waals surface area contributed by atoms with Crippen molar-refractivity contribution in [1.29, 1.82) is 0 Å². The predicted molar refractivity (Wildman–Crippen MR) is 71.0 cm³/mol. The van der Waals surface area contributed by atoms with Gasteiger partial charge in [0.15, 0.2) is 0 Å². The number of hydrogen-bond acceptors (Lipinski definition) is 3. The van der Waals surface area contributed by atoms with Crippen molar-refractivity contribution in [1.82, 2.24) is 4.98 Å². The number of aromatic nitrogens is 1. The third-order valence-corrected chi connectivity index (χ3v) is 3.90. The van der Waals surface area contributed by atoms with E-state index in [0.717, 1.165) is 11.6 Å². The molecule has 0 saturated heterocycles. The Kier molecular flexibility index (Phi) is 3.84. The van der Waals surface area contributed by atoms with Gasteiger partial charge in [-0.1, -0.05) is 6.92 Å². The Balaban J connectivity index is 2.10. The van der Waals surface area contributed by atoms with Gasteiger partial charge in [0, 0.05) is 25.0 Å². The van der Waals surface area contributed by atoms with E-state index in [2.05, 4.69) is 16.8 Å². The normalized spacial score (nSPS) is 23.7. The van der Waals surface area contributed by atoms with Crippen molar-refractivity contribution < 1.29 is 9.90 Å². The van der Waals surface area contributed by atoms with Gasteiger partial charge in [0.2, 0.25) is 0 Å². The van der Waals surface area contributed by atoms with E-state index in [4.69, 9.17) is 5.11 Å². The topological polar surface area (TPSA) is 53.4 Å². The fraction of sp³-hybridized carbons (Fsp3) is 0.571. The number of carboxylic acids is 1. The lowest BCUT2D eigenvalue weighted by molar-refractivity contribution is 0.0690. The summed E-state index contributed by atoms with van der Waals surface area (Å²) in [7, 11) is 2.04. The molecule has 1 aromatic heterocycles. The minimum atomic E-state index is -0.970. The SMILES string of the molecule is CC1CCC(N(C)c2ccnc(C(=O)O)c2)CC1. The number of pyridine rings is 1. The number of nitrogens with zero attached hydrogens (tertiary/aromatic N) is 2. The van der Waals surface area contributed by atoms with Crippen LogP contribution in [-0.2, 0) is 0 Å². The molecule has 0 aliphatic heterocycles. The monoisotopic (exact) mass is 248 g/mol. The number of hydrogen-bond donors (Lipinski definition) is 1. The summed E-state index contributed by atoms with van der Waals surface area (Å²) in [4.78, 5) is 17.0. The summed E-state index contributed by atoms with van der Waals surface area (Å²) in [6, 6.07) is 4.05. The molecule has 0 unspecified atom stereocenters. The number of carboxylic acid groups (broad SMARTS) is 1. The highest BCUT2D eigenvalue weighted by Crippen LogP contribution is 2.29. The molecule has 1 fully saturated rings. The maximum absolute atomic E-state index is 10.9. The van der Waals surface area contributed by atoms with Crippen molar-refractivity contribution in [2.75, 3.05) is 11.9 Å². The summed E-state index contributed by atoms with van der Waals surface area (Å²) in [6.07, 6.45) is 6.45. The van der Waals surface area contributed by atoms with E-state index in [1.165, 1.54) is 25.7 Å². The molecule has 1 saturated carbocycles. The Morgan fingerprint density at radius 1 is 1.39 bits per heavy atom. The highest BCUT2D eigenvalue weighted by Gasteiger charge is 2.22. The van der Waals surface area contributed by atoms with Crippen molar-refractivity contribution in [2.45, 2.75) is 38.6 Å². The minimum absolute atomic E-state index is 0.114. The summed E-state index contributed by atoms with van der Waals surface area (Å²) < 4.78 is 0. The molecule has 4 heteroatoms. The molecule has 0 spiro atoms. The Morgan fingerprint density at radius 3 is 2.67 bits per heavy atom. The lowest BCUT2D eigenvalue weighted by Gasteiger charge is -2.35. The standard InChI is InChI=1S/C14H20N2O2/c1-10-3-5-11(6-4-10)16(2)12-7-8-15-13(9-12)14(17)18/h7-11H,3-6H2,1-2H3,(H,17,18). The molecule has 98 valence electrons. The van der Waals surface area contributed by atoms with Gasteiger partial charge in [0.25, 0.3) is 0 Å². The van der Waals surface area contributed by atoms with Gasteiger partial charge in [-0.15, -0.1) is 0 Å². The van der Waals surface area contributed by atoms with Crippen molar-refractivity contribution >= 4 is 11.7 Å². The largest absolute Gasteiger partial charge is 0.477 e. The fourth-order valence-electron chi connectivity index (χ4n) is 2.60. The Morgan fingerprint density at radius 2 is 2.06 bits per heavy atom. The van der Waals surface area contributed by atoms with Crippen LogP contribution in [-0.4, -0.2) is 29.1 Å². The van der Waals surface area contributed by atoms with E-state index >= 15 is 0 Å². The van der Waals surface area contributed by atoms with E-state index in [1.54, 1.807) is 12.3 Å². The molecule has 1 aliphatic carbocycles. The quantitative estimate of drug-likeness (QED) is 0.893. The van der Waals surface area contributed by atoms with Crippen LogP contribution in [0.2, 0.25) is 0 Å². The average Bonchev–Trinajstić information content (AvgIpc) is 2.39. The lowest BCUT2D eigenvalue weighted by atomic mass is 9.86. The number of rotatable bonds is 3. The fourth-order valence-corrected chi connectivity index (χ4v) is 2.60. The first kappa shape index (κ1) is 12.9. The van der Waals surface area contributed by atoms with Crippen LogP contribution < -0.4 is 4.90 Å². The maximum atomic E-state index is 10.9. The van der Waals surface area contributed by atoms with E-state index in [-0.39, 0.29) is 5.69 Å². The maximum Gasteiger partial charge on any atom is 0.354 e. The van der Waals surface area contributed by atoms with Crippen LogP contribution in [0.15, 0.2) is 18.3 Å². The van der Waals surface area contributed by atoms with Gasteiger partial charge in [0.1, 0.15) is 5.69 Å². The van der Waals surface area contributed by atoms with Gasteiger partial charge in [0.05, 0.1) is 0 Å². The number of anilines is 1. The highest BCUT2D eigenvalue weighted by molar-refractivity contribution is 5.86. The molecular formula is C14H20N2O2. The molecule has 18 heavy (non-hydrogen) atoms. The Bertz CT molecular complexity index is 426. The first-order valence-corrected chi connectivity index (χ1v) is 6.50. The smallest absolute Gasteiger partial charge is 0.354 e. The Labute approximate surface area is 108 Å². The summed E-state index contributed by atoms with van der Waals surface area (Å²) in [5.41, 5.74) is 1.06. The van der Waals surface area contributed by atoms with Gasteiger partial charge < -0.3 is 10.0 Å². The lowest BCUT2D eigenvalue weighted by Crippen LogP contribution is -2.34. The van der Waals surface area contributed by atoms with Crippen LogP contribution >= 0.6 is 0 Å². The van der Waals surface area contributed by atoms with Crippen LogP contribution in [0.1, 0.15) is 43.1 Å². The number of carbonyl (C=O) groups is 1. The summed E-state index contributed by atoms with van der Waals surface area (Å²) in [6.45, 7) is 2.30. The zero-order chi connectivity index (χ0) is 13.1. The second-order valence-electron chi connectivity index (χ2n) is 5.23. The number of aromatic carboxylic acids is 1. The van der Waals surface area contributed by atoms with Crippen molar-refractivity contribution in [2.24, 2.45) is 5.92 Å². The van der Waals surface area contributed by atoms with E-state index in [0.29, 0.717) is 6.04 Å². The molecule has 2 rings (SSSR count). The summed E-state index contributed by atoms with van der Waals surface area (Å²) in [5.74, 6) is -0.149. The van der Waals surface area contributed by atoms with Crippen molar-refractivity contribution in [3.05, 3.63) is 24.0 Å². The molecular weight excluding hydrogens is 228 g/mol. The second-order valence-corrected chi connectivity index (χ2v) is 5.23. The molecule has 0 amide bonds. The van der Waals surface area contributed by atoms with Crippen molar-refractivity contribution in [3.8, 4) is 0 Å². The highest BCUT2D eigenvalue weighted by atomic mass is 16.4. The summed E-state index contributed by atoms with van der Waals surface area (Å²) >= 11 is 0. The average molecular weight is 248 g/mol. The van der Waals surface area contributed by atoms with Crippen LogP contribution in [0.5, 0.6) is 0 Å². The van der Waals surface area contributed by atoms with Crippen LogP contribution in [0, 0.1) is 5.92 Å². The molecule has 1 aromatic rings. The third-order valence-electron chi connectivity index (χ3n) is 3.90. The first-order chi connectivity index (χ1) is 8.58. The van der Waals surface area contributed by atoms with Crippen LogP contribution in [0.4, 0.5) is 5.69 Å². The van der Waals surface area contributed by atoms with Gasteiger partial charge >= 0.3 is 5.97 Å². The first-order valence-electron chi connectivity index (χ1n) is 6.50. The van der Waals surface area contributed by atoms with Gasteiger partial charge in [-0.25, -0.2) is 9.78 Å². The van der Waals surface area contributed by atoms with E-state index in [1.807, 2.05) is 13.1 Å². The molecule has 0 bridgehead atoms. The molecule has 1 heterocycles. The summed E-state index contributed by atoms with van der Waals surface area (Å²) in [5, 5.41) is 8.96. The zero-order valence-electron chi connectivity index (χ0n) is 11.0. The van der Waals surface area contributed by atoms with Crippen LogP contribution in [0.3, 0.4) is 0 Å². The Hall–Kier alpha value is -1.58. The molecule has 1 N–H and O–H groups in total. The van der Waals surface area contributed by atoms with Crippen molar-refractivity contribution in [3.63, 3.8) is 0 Å². The van der Waals surface area contributed by atoms with E-state index in [9.17, 15) is 4.79 Å². The second kappa shape index (κ2) is 5.38. The molecule has 0 atom stereocenters. The van der Waals surface area contributed by atoms with Gasteiger partial charge in [-0.05, 0) is 43.7 Å². The zero-order valence-corrected chi connectivity index (χ0v) is 11.0. The van der Waals surface area contributed by atoms with Gasteiger partial charge in [-0.3, -0.25) is 0 Å². The van der Waals surface area contributed by atoms with Gasteiger partial charge in [-0.2, -0.15) is 0 Å².